The lowest BCUT2D eigenvalue weighted by Crippen LogP contribution is -1.88. The summed E-state index contributed by atoms with van der Waals surface area (Å²) in [6.07, 6.45) is 3.95. The molecular weight excluding hydrogens is 300 g/mol. The molecule has 0 saturated heterocycles. The molecule has 0 saturated carbocycles. The summed E-state index contributed by atoms with van der Waals surface area (Å²) in [5, 5.41) is 10.2. The van der Waals surface area contributed by atoms with E-state index in [0.717, 1.165) is 31.6 Å². The van der Waals surface area contributed by atoms with E-state index in [1.54, 1.807) is 11.3 Å². The summed E-state index contributed by atoms with van der Waals surface area (Å²) in [4.78, 5) is 1.60. The molecule has 5 heteroatoms. The van der Waals surface area contributed by atoms with Gasteiger partial charge in [0.15, 0.2) is 0 Å². The normalized spacial score (nSPS) is 12.8. The van der Waals surface area contributed by atoms with Crippen LogP contribution in [-0.4, -0.2) is 10.2 Å². The summed E-state index contributed by atoms with van der Waals surface area (Å²) in [5.41, 5.74) is 0. The summed E-state index contributed by atoms with van der Waals surface area (Å²) in [7, 11) is 0. The quantitative estimate of drug-likeness (QED) is 0.752. The Balaban J connectivity index is 1.81. The third-order valence-electron chi connectivity index (χ3n) is 2.50. The Morgan fingerprint density at radius 2 is 2.29 bits per heavy atom. The first-order chi connectivity index (χ1) is 8.29. The molecule has 3 nitrogen and oxygen atoms in total. The smallest absolute Gasteiger partial charge is 0.230 e. The van der Waals surface area contributed by atoms with Crippen molar-refractivity contribution in [1.29, 1.82) is 0 Å². The molecule has 17 heavy (non-hydrogen) atoms. The molecule has 0 spiro atoms. The second-order valence-corrected chi connectivity index (χ2v) is 5.98. The van der Waals surface area contributed by atoms with E-state index in [9.17, 15) is 0 Å². The lowest BCUT2D eigenvalue weighted by molar-refractivity contribution is 0.441. The molecule has 2 aromatic heterocycles. The average molecular weight is 315 g/mol. The van der Waals surface area contributed by atoms with Crippen LogP contribution in [0.5, 0.6) is 0 Å². The van der Waals surface area contributed by atoms with Gasteiger partial charge in [-0.25, -0.2) is 0 Å². The first-order valence-electron chi connectivity index (χ1n) is 5.78. The summed E-state index contributed by atoms with van der Waals surface area (Å²) in [6, 6.07) is 4.25. The van der Waals surface area contributed by atoms with Crippen LogP contribution in [0, 0.1) is 0 Å². The van der Waals surface area contributed by atoms with Gasteiger partial charge in [-0.2, -0.15) is 0 Å². The van der Waals surface area contributed by atoms with Crippen LogP contribution in [0.1, 0.15) is 41.3 Å². The van der Waals surface area contributed by atoms with Gasteiger partial charge in [-0.3, -0.25) is 0 Å². The van der Waals surface area contributed by atoms with Crippen molar-refractivity contribution < 1.29 is 4.42 Å². The van der Waals surface area contributed by atoms with E-state index < -0.39 is 0 Å². The standard InChI is InChI=1S/C12H15BrN2OS/c1-2-10(13)12-15-14-11(16-12)7-3-5-9-6-4-8-17-9/h4,6,8,10H,2-3,5,7H2,1H3. The molecule has 2 aromatic rings. The van der Waals surface area contributed by atoms with E-state index in [1.807, 2.05) is 0 Å². The second kappa shape index (κ2) is 6.31. The fraction of sp³-hybridized carbons (Fsp3) is 0.500. The Hall–Kier alpha value is -0.680. The highest BCUT2D eigenvalue weighted by molar-refractivity contribution is 9.09. The van der Waals surface area contributed by atoms with Crippen LogP contribution in [0.15, 0.2) is 21.9 Å². The monoisotopic (exact) mass is 314 g/mol. The number of aryl methyl sites for hydroxylation is 2. The van der Waals surface area contributed by atoms with E-state index in [2.05, 4.69) is 50.6 Å². The number of aromatic nitrogens is 2. The molecule has 2 rings (SSSR count). The SMILES string of the molecule is CCC(Br)c1nnc(CCCc2cccs2)o1. The molecule has 0 aliphatic rings. The van der Waals surface area contributed by atoms with Gasteiger partial charge in [-0.05, 0) is 30.7 Å². The molecule has 92 valence electrons. The summed E-state index contributed by atoms with van der Waals surface area (Å²) in [6.45, 7) is 2.08. The zero-order valence-electron chi connectivity index (χ0n) is 9.73. The van der Waals surface area contributed by atoms with Gasteiger partial charge in [0.25, 0.3) is 0 Å². The fourth-order valence-corrected chi connectivity index (χ4v) is 2.47. The molecular formula is C12H15BrN2OS. The van der Waals surface area contributed by atoms with E-state index in [0.29, 0.717) is 5.89 Å². The van der Waals surface area contributed by atoms with Crippen molar-refractivity contribution in [3.8, 4) is 0 Å². The number of nitrogens with zero attached hydrogens (tertiary/aromatic N) is 2. The minimum atomic E-state index is 0.182. The zero-order chi connectivity index (χ0) is 12.1. The molecule has 2 heterocycles. The van der Waals surface area contributed by atoms with Crippen LogP contribution in [0.4, 0.5) is 0 Å². The van der Waals surface area contributed by atoms with Crippen molar-refractivity contribution in [3.63, 3.8) is 0 Å². The minimum Gasteiger partial charge on any atom is -0.424 e. The fourth-order valence-electron chi connectivity index (χ4n) is 1.54. The van der Waals surface area contributed by atoms with Crippen LogP contribution in [0.3, 0.4) is 0 Å². The van der Waals surface area contributed by atoms with Crippen LogP contribution in [-0.2, 0) is 12.8 Å². The Kier molecular flexibility index (Phi) is 4.74. The van der Waals surface area contributed by atoms with Crippen molar-refractivity contribution in [2.24, 2.45) is 0 Å². The van der Waals surface area contributed by atoms with Gasteiger partial charge in [-0.15, -0.1) is 21.5 Å². The molecule has 0 aliphatic carbocycles. The van der Waals surface area contributed by atoms with Crippen molar-refractivity contribution in [3.05, 3.63) is 34.2 Å². The number of alkyl halides is 1. The van der Waals surface area contributed by atoms with E-state index in [4.69, 9.17) is 4.42 Å². The van der Waals surface area contributed by atoms with Gasteiger partial charge in [0, 0.05) is 11.3 Å². The van der Waals surface area contributed by atoms with E-state index >= 15 is 0 Å². The van der Waals surface area contributed by atoms with E-state index in [-0.39, 0.29) is 4.83 Å². The first-order valence-corrected chi connectivity index (χ1v) is 7.58. The van der Waals surface area contributed by atoms with Gasteiger partial charge >= 0.3 is 0 Å². The van der Waals surface area contributed by atoms with Crippen molar-refractivity contribution in [1.82, 2.24) is 10.2 Å². The molecule has 1 atom stereocenters. The van der Waals surface area contributed by atoms with Gasteiger partial charge in [0.1, 0.15) is 0 Å². The Morgan fingerprint density at radius 3 is 3.00 bits per heavy atom. The predicted octanol–water partition coefficient (Wildman–Crippen LogP) is 4.15. The summed E-state index contributed by atoms with van der Waals surface area (Å²) < 4.78 is 5.59. The molecule has 0 fully saturated rings. The predicted molar refractivity (Wildman–Crippen MR) is 72.6 cm³/mol. The van der Waals surface area contributed by atoms with Crippen molar-refractivity contribution >= 4 is 27.3 Å². The number of rotatable bonds is 6. The van der Waals surface area contributed by atoms with Crippen LogP contribution in [0.25, 0.3) is 0 Å². The minimum absolute atomic E-state index is 0.182. The maximum absolute atomic E-state index is 5.59. The molecule has 0 aliphatic heterocycles. The highest BCUT2D eigenvalue weighted by Crippen LogP contribution is 2.24. The van der Waals surface area contributed by atoms with Gasteiger partial charge in [-0.1, -0.05) is 28.9 Å². The average Bonchev–Trinajstić information content (AvgIpc) is 2.99. The van der Waals surface area contributed by atoms with Gasteiger partial charge < -0.3 is 4.42 Å². The molecule has 0 amide bonds. The second-order valence-electron chi connectivity index (χ2n) is 3.84. The highest BCUT2D eigenvalue weighted by atomic mass is 79.9. The Labute approximate surface area is 113 Å². The highest BCUT2D eigenvalue weighted by Gasteiger charge is 2.13. The largest absolute Gasteiger partial charge is 0.424 e. The van der Waals surface area contributed by atoms with Crippen molar-refractivity contribution in [2.45, 2.75) is 37.4 Å². The number of hydrogen-bond acceptors (Lipinski definition) is 4. The summed E-state index contributed by atoms with van der Waals surface area (Å²) >= 11 is 5.30. The molecule has 0 N–H and O–H groups in total. The first kappa shape index (κ1) is 12.8. The van der Waals surface area contributed by atoms with Crippen LogP contribution >= 0.6 is 27.3 Å². The third kappa shape index (κ3) is 3.64. The molecule has 0 aromatic carbocycles. The van der Waals surface area contributed by atoms with Crippen molar-refractivity contribution in [2.75, 3.05) is 0 Å². The topological polar surface area (TPSA) is 38.9 Å². The lowest BCUT2D eigenvalue weighted by Gasteiger charge is -1.98. The van der Waals surface area contributed by atoms with Gasteiger partial charge in [0.05, 0.1) is 4.83 Å². The number of halogens is 1. The third-order valence-corrected chi connectivity index (χ3v) is 4.48. The molecule has 0 radical (unpaired) electrons. The molecule has 1 unspecified atom stereocenters. The maximum atomic E-state index is 5.59. The Morgan fingerprint density at radius 1 is 1.41 bits per heavy atom. The molecule has 0 bridgehead atoms. The Bertz CT molecular complexity index is 441. The number of hydrogen-bond donors (Lipinski definition) is 0. The van der Waals surface area contributed by atoms with Crippen LogP contribution in [0.2, 0.25) is 0 Å². The maximum Gasteiger partial charge on any atom is 0.230 e. The lowest BCUT2D eigenvalue weighted by atomic mass is 10.2. The zero-order valence-corrected chi connectivity index (χ0v) is 12.1. The van der Waals surface area contributed by atoms with E-state index in [1.165, 1.54) is 4.88 Å². The number of thiophene rings is 1. The van der Waals surface area contributed by atoms with Crippen LogP contribution < -0.4 is 0 Å². The van der Waals surface area contributed by atoms with Gasteiger partial charge in [0.2, 0.25) is 11.8 Å². The summed E-state index contributed by atoms with van der Waals surface area (Å²) in [5.74, 6) is 1.44.